The van der Waals surface area contributed by atoms with Gasteiger partial charge < -0.3 is 0 Å². The Balaban J connectivity index is 2.47. The van der Waals surface area contributed by atoms with Crippen molar-refractivity contribution in [1.29, 1.82) is 0 Å². The molecule has 0 radical (unpaired) electrons. The first-order valence-corrected chi connectivity index (χ1v) is 5.49. The summed E-state index contributed by atoms with van der Waals surface area (Å²) in [7, 11) is 0. The summed E-state index contributed by atoms with van der Waals surface area (Å²) in [4.78, 5) is 0. The van der Waals surface area contributed by atoms with Crippen molar-refractivity contribution < 1.29 is 13.2 Å². The van der Waals surface area contributed by atoms with E-state index in [4.69, 9.17) is 23.2 Å². The summed E-state index contributed by atoms with van der Waals surface area (Å²) in [6.45, 7) is 0. The van der Waals surface area contributed by atoms with Gasteiger partial charge in [-0.05, 0) is 17.7 Å². The summed E-state index contributed by atoms with van der Waals surface area (Å²) in [5.41, 5.74) is 0.0791. The van der Waals surface area contributed by atoms with Gasteiger partial charge in [0, 0.05) is 5.56 Å². The SMILES string of the molecule is FC(F)(F)c1ccc(-c2c(Cl)cnnc2Cl)cc1. The van der Waals surface area contributed by atoms with Gasteiger partial charge in [-0.15, -0.1) is 5.10 Å². The second-order valence-electron chi connectivity index (χ2n) is 3.43. The average molecular weight is 293 g/mol. The van der Waals surface area contributed by atoms with Crippen LogP contribution in [0.1, 0.15) is 5.56 Å². The average Bonchev–Trinajstić information content (AvgIpc) is 2.28. The normalized spacial score (nSPS) is 11.6. The molecule has 0 aliphatic carbocycles. The van der Waals surface area contributed by atoms with Crippen molar-refractivity contribution in [2.24, 2.45) is 0 Å². The van der Waals surface area contributed by atoms with Crippen LogP contribution in [0.15, 0.2) is 30.5 Å². The van der Waals surface area contributed by atoms with Crippen LogP contribution >= 0.6 is 23.2 Å². The van der Waals surface area contributed by atoms with Crippen molar-refractivity contribution in [3.63, 3.8) is 0 Å². The summed E-state index contributed by atoms with van der Waals surface area (Å²) in [6.07, 6.45) is -3.09. The molecular weight excluding hydrogens is 288 g/mol. The number of alkyl halides is 3. The molecule has 0 saturated heterocycles. The lowest BCUT2D eigenvalue weighted by molar-refractivity contribution is -0.137. The van der Waals surface area contributed by atoms with Gasteiger partial charge >= 0.3 is 6.18 Å². The van der Waals surface area contributed by atoms with Crippen LogP contribution in [0.3, 0.4) is 0 Å². The smallest absolute Gasteiger partial charge is 0.166 e. The van der Waals surface area contributed by atoms with Crippen molar-refractivity contribution in [2.45, 2.75) is 6.18 Å². The molecule has 2 nitrogen and oxygen atoms in total. The van der Waals surface area contributed by atoms with Gasteiger partial charge in [-0.25, -0.2) is 0 Å². The largest absolute Gasteiger partial charge is 0.416 e. The zero-order chi connectivity index (χ0) is 13.3. The third kappa shape index (κ3) is 2.57. The third-order valence-electron chi connectivity index (χ3n) is 2.26. The van der Waals surface area contributed by atoms with Crippen molar-refractivity contribution in [3.05, 3.63) is 46.2 Å². The molecule has 1 aromatic heterocycles. The molecule has 0 atom stereocenters. The van der Waals surface area contributed by atoms with Crippen LogP contribution in [0.2, 0.25) is 10.2 Å². The first kappa shape index (κ1) is 13.1. The van der Waals surface area contributed by atoms with Crippen LogP contribution in [0, 0.1) is 0 Å². The van der Waals surface area contributed by atoms with Gasteiger partial charge in [0.05, 0.1) is 16.8 Å². The fourth-order valence-corrected chi connectivity index (χ4v) is 1.97. The molecule has 0 saturated carbocycles. The van der Waals surface area contributed by atoms with Gasteiger partial charge in [0.15, 0.2) is 5.15 Å². The summed E-state index contributed by atoms with van der Waals surface area (Å²) >= 11 is 11.7. The van der Waals surface area contributed by atoms with Crippen LogP contribution < -0.4 is 0 Å². The van der Waals surface area contributed by atoms with E-state index in [1.807, 2.05) is 0 Å². The fourth-order valence-electron chi connectivity index (χ4n) is 1.43. The van der Waals surface area contributed by atoms with E-state index in [1.165, 1.54) is 18.3 Å². The Labute approximate surface area is 110 Å². The maximum Gasteiger partial charge on any atom is 0.416 e. The molecule has 0 fully saturated rings. The minimum absolute atomic E-state index is 0.0438. The van der Waals surface area contributed by atoms with Gasteiger partial charge in [-0.1, -0.05) is 35.3 Å². The monoisotopic (exact) mass is 292 g/mol. The minimum atomic E-state index is -4.37. The molecule has 2 rings (SSSR count). The lowest BCUT2D eigenvalue weighted by Crippen LogP contribution is -2.04. The third-order valence-corrected chi connectivity index (χ3v) is 2.81. The molecule has 0 amide bonds. The van der Waals surface area contributed by atoms with E-state index >= 15 is 0 Å². The number of halogens is 5. The topological polar surface area (TPSA) is 25.8 Å². The van der Waals surface area contributed by atoms with Crippen molar-refractivity contribution in [2.75, 3.05) is 0 Å². The molecule has 1 heterocycles. The summed E-state index contributed by atoms with van der Waals surface area (Å²) in [5.74, 6) is 0. The van der Waals surface area contributed by atoms with E-state index in [-0.39, 0.29) is 10.2 Å². The molecule has 0 aliphatic heterocycles. The minimum Gasteiger partial charge on any atom is -0.166 e. The summed E-state index contributed by atoms with van der Waals surface area (Å²) < 4.78 is 37.2. The molecule has 0 aliphatic rings. The molecular formula is C11H5Cl2F3N2. The van der Waals surface area contributed by atoms with Gasteiger partial charge in [-0.2, -0.15) is 18.3 Å². The maximum atomic E-state index is 12.4. The predicted octanol–water partition coefficient (Wildman–Crippen LogP) is 4.47. The Hall–Kier alpha value is -1.33. The highest BCUT2D eigenvalue weighted by molar-refractivity contribution is 6.38. The molecule has 94 valence electrons. The predicted molar refractivity (Wildman–Crippen MR) is 62.5 cm³/mol. The summed E-state index contributed by atoms with van der Waals surface area (Å²) in [5, 5.41) is 7.40. The van der Waals surface area contributed by atoms with Crippen LogP contribution in [0.5, 0.6) is 0 Å². The van der Waals surface area contributed by atoms with E-state index in [0.29, 0.717) is 11.1 Å². The van der Waals surface area contributed by atoms with Crippen LogP contribution in [-0.2, 0) is 6.18 Å². The van der Waals surface area contributed by atoms with E-state index in [0.717, 1.165) is 12.1 Å². The van der Waals surface area contributed by atoms with E-state index in [9.17, 15) is 13.2 Å². The Morgan fingerprint density at radius 1 is 1.00 bits per heavy atom. The number of benzene rings is 1. The highest BCUT2D eigenvalue weighted by Gasteiger charge is 2.30. The van der Waals surface area contributed by atoms with Gasteiger partial charge in [0.2, 0.25) is 0 Å². The number of aromatic nitrogens is 2. The standard InChI is InChI=1S/C11H5Cl2F3N2/c12-8-5-17-18-10(13)9(8)6-1-3-7(4-2-6)11(14,15)16/h1-5H. The van der Waals surface area contributed by atoms with Crippen molar-refractivity contribution in [3.8, 4) is 11.1 Å². The quantitative estimate of drug-likeness (QED) is 0.775. The highest BCUT2D eigenvalue weighted by atomic mass is 35.5. The number of nitrogens with zero attached hydrogens (tertiary/aromatic N) is 2. The van der Waals surface area contributed by atoms with E-state index in [1.54, 1.807) is 0 Å². The lowest BCUT2D eigenvalue weighted by atomic mass is 10.1. The number of rotatable bonds is 1. The fraction of sp³-hybridized carbons (Fsp3) is 0.0909. The number of hydrogen-bond donors (Lipinski definition) is 0. The molecule has 0 bridgehead atoms. The van der Waals surface area contributed by atoms with Gasteiger partial charge in [-0.3, -0.25) is 0 Å². The van der Waals surface area contributed by atoms with E-state index < -0.39 is 11.7 Å². The van der Waals surface area contributed by atoms with Crippen LogP contribution in [0.4, 0.5) is 13.2 Å². The Morgan fingerprint density at radius 3 is 2.11 bits per heavy atom. The Bertz CT molecular complexity index is 547. The van der Waals surface area contributed by atoms with Crippen molar-refractivity contribution in [1.82, 2.24) is 10.2 Å². The lowest BCUT2D eigenvalue weighted by Gasteiger charge is -2.09. The van der Waals surface area contributed by atoms with Crippen LogP contribution in [0.25, 0.3) is 11.1 Å². The van der Waals surface area contributed by atoms with Crippen LogP contribution in [-0.4, -0.2) is 10.2 Å². The first-order valence-electron chi connectivity index (χ1n) is 4.74. The van der Waals surface area contributed by atoms with Gasteiger partial charge in [0.25, 0.3) is 0 Å². The Kier molecular flexibility index (Phi) is 3.45. The molecule has 0 N–H and O–H groups in total. The highest BCUT2D eigenvalue weighted by Crippen LogP contribution is 2.35. The van der Waals surface area contributed by atoms with E-state index in [2.05, 4.69) is 10.2 Å². The maximum absolute atomic E-state index is 12.4. The van der Waals surface area contributed by atoms with Gasteiger partial charge in [0.1, 0.15) is 0 Å². The zero-order valence-electron chi connectivity index (χ0n) is 8.67. The molecule has 7 heteroatoms. The molecule has 0 spiro atoms. The molecule has 1 aromatic carbocycles. The second-order valence-corrected chi connectivity index (χ2v) is 4.20. The molecule has 18 heavy (non-hydrogen) atoms. The van der Waals surface area contributed by atoms with Crippen molar-refractivity contribution >= 4 is 23.2 Å². The zero-order valence-corrected chi connectivity index (χ0v) is 10.2. The summed E-state index contributed by atoms with van der Waals surface area (Å²) in [6, 6.07) is 4.50. The molecule has 2 aromatic rings. The Morgan fingerprint density at radius 2 is 1.61 bits per heavy atom. The first-order chi connectivity index (χ1) is 8.39. The molecule has 0 unspecified atom stereocenters. The second kappa shape index (κ2) is 4.74. The number of hydrogen-bond acceptors (Lipinski definition) is 2.